The van der Waals surface area contributed by atoms with E-state index in [1.54, 1.807) is 0 Å². The third kappa shape index (κ3) is 5.02. The van der Waals surface area contributed by atoms with Crippen molar-refractivity contribution in [3.05, 3.63) is 0 Å². The van der Waals surface area contributed by atoms with Gasteiger partial charge < -0.3 is 5.32 Å². The lowest BCUT2D eigenvalue weighted by molar-refractivity contribution is 0.307. The second-order valence-electron chi connectivity index (χ2n) is 4.28. The first-order valence-electron chi connectivity index (χ1n) is 5.62. The first-order chi connectivity index (χ1) is 6.33. The molecule has 1 aliphatic rings. The number of halogens is 1. The summed E-state index contributed by atoms with van der Waals surface area (Å²) in [5.41, 5.74) is 0. The van der Waals surface area contributed by atoms with E-state index in [1.807, 2.05) is 0 Å². The fourth-order valence-corrected chi connectivity index (χ4v) is 2.54. The Hall–Kier alpha value is 0.440. The van der Waals surface area contributed by atoms with Crippen molar-refractivity contribution in [2.75, 3.05) is 11.9 Å². The summed E-state index contributed by atoms with van der Waals surface area (Å²) in [5.74, 6) is 1.01. The third-order valence-electron chi connectivity index (χ3n) is 3.00. The van der Waals surface area contributed by atoms with Crippen LogP contribution in [0.3, 0.4) is 0 Å². The zero-order valence-electron chi connectivity index (χ0n) is 8.69. The Morgan fingerprint density at radius 3 is 2.62 bits per heavy atom. The highest BCUT2D eigenvalue weighted by Gasteiger charge is 2.15. The molecule has 1 fully saturated rings. The Kier molecular flexibility index (Phi) is 6.05. The van der Waals surface area contributed by atoms with E-state index in [9.17, 15) is 0 Å². The van der Waals surface area contributed by atoms with Crippen LogP contribution in [-0.2, 0) is 0 Å². The van der Waals surface area contributed by atoms with E-state index in [0.29, 0.717) is 6.04 Å². The fourth-order valence-electron chi connectivity index (χ4n) is 2.31. The highest BCUT2D eigenvalue weighted by Crippen LogP contribution is 2.27. The van der Waals surface area contributed by atoms with E-state index in [4.69, 9.17) is 0 Å². The average molecular weight is 248 g/mol. The standard InChI is InChI=1S/C11H22BrN/c1-10(13-8-7-12)9-11-5-3-2-4-6-11/h10-11,13H,2-9H2,1H3. The van der Waals surface area contributed by atoms with Crippen LogP contribution in [0.25, 0.3) is 0 Å². The van der Waals surface area contributed by atoms with Gasteiger partial charge in [-0.05, 0) is 19.3 Å². The lowest BCUT2D eigenvalue weighted by atomic mass is 9.85. The van der Waals surface area contributed by atoms with E-state index >= 15 is 0 Å². The molecule has 1 saturated carbocycles. The van der Waals surface area contributed by atoms with E-state index in [1.165, 1.54) is 38.5 Å². The molecule has 78 valence electrons. The van der Waals surface area contributed by atoms with Gasteiger partial charge in [0.05, 0.1) is 0 Å². The summed E-state index contributed by atoms with van der Waals surface area (Å²) in [4.78, 5) is 0. The maximum absolute atomic E-state index is 3.53. The van der Waals surface area contributed by atoms with E-state index < -0.39 is 0 Å². The Bertz CT molecular complexity index is 121. The van der Waals surface area contributed by atoms with Gasteiger partial charge in [0.2, 0.25) is 0 Å². The maximum Gasteiger partial charge on any atom is 0.0157 e. The fraction of sp³-hybridized carbons (Fsp3) is 1.00. The minimum absolute atomic E-state index is 0.709. The number of rotatable bonds is 5. The van der Waals surface area contributed by atoms with Crippen LogP contribution in [0.15, 0.2) is 0 Å². The summed E-state index contributed by atoms with van der Waals surface area (Å²) in [6.45, 7) is 3.42. The van der Waals surface area contributed by atoms with Gasteiger partial charge in [-0.15, -0.1) is 0 Å². The van der Waals surface area contributed by atoms with Crippen LogP contribution in [0.2, 0.25) is 0 Å². The highest BCUT2D eigenvalue weighted by molar-refractivity contribution is 9.09. The molecule has 1 atom stereocenters. The van der Waals surface area contributed by atoms with Crippen LogP contribution in [0, 0.1) is 5.92 Å². The molecule has 1 N–H and O–H groups in total. The number of alkyl halides is 1. The molecule has 0 aromatic rings. The van der Waals surface area contributed by atoms with Crippen LogP contribution < -0.4 is 5.32 Å². The van der Waals surface area contributed by atoms with E-state index in [-0.39, 0.29) is 0 Å². The lowest BCUT2D eigenvalue weighted by Crippen LogP contribution is -2.30. The zero-order chi connectivity index (χ0) is 9.52. The summed E-state index contributed by atoms with van der Waals surface area (Å²) in [5, 5.41) is 4.60. The first-order valence-corrected chi connectivity index (χ1v) is 6.74. The molecule has 13 heavy (non-hydrogen) atoms. The minimum Gasteiger partial charge on any atom is -0.313 e. The van der Waals surface area contributed by atoms with Crippen LogP contribution in [0.1, 0.15) is 45.4 Å². The van der Waals surface area contributed by atoms with E-state index in [0.717, 1.165) is 17.8 Å². The Morgan fingerprint density at radius 2 is 2.00 bits per heavy atom. The molecule has 0 amide bonds. The molecule has 0 saturated heterocycles. The van der Waals surface area contributed by atoms with Crippen molar-refractivity contribution in [2.45, 2.75) is 51.5 Å². The van der Waals surface area contributed by atoms with Crippen molar-refractivity contribution in [3.63, 3.8) is 0 Å². The minimum atomic E-state index is 0.709. The molecular weight excluding hydrogens is 226 g/mol. The Morgan fingerprint density at radius 1 is 1.31 bits per heavy atom. The summed E-state index contributed by atoms with van der Waals surface area (Å²) in [7, 11) is 0. The van der Waals surface area contributed by atoms with Crippen molar-refractivity contribution in [1.82, 2.24) is 5.32 Å². The predicted molar refractivity (Wildman–Crippen MR) is 62.5 cm³/mol. The monoisotopic (exact) mass is 247 g/mol. The van der Waals surface area contributed by atoms with Crippen LogP contribution >= 0.6 is 15.9 Å². The van der Waals surface area contributed by atoms with Crippen molar-refractivity contribution < 1.29 is 0 Å². The first kappa shape index (κ1) is 11.5. The summed E-state index contributed by atoms with van der Waals surface area (Å²) in [6, 6.07) is 0.709. The van der Waals surface area contributed by atoms with Gasteiger partial charge in [-0.2, -0.15) is 0 Å². The Balaban J connectivity index is 2.07. The Labute approximate surface area is 90.8 Å². The van der Waals surface area contributed by atoms with Crippen molar-refractivity contribution in [2.24, 2.45) is 5.92 Å². The summed E-state index contributed by atoms with van der Waals surface area (Å²) >= 11 is 3.44. The van der Waals surface area contributed by atoms with Gasteiger partial charge in [0.1, 0.15) is 0 Å². The smallest absolute Gasteiger partial charge is 0.0157 e. The molecule has 0 spiro atoms. The molecule has 0 radical (unpaired) electrons. The second kappa shape index (κ2) is 6.83. The summed E-state index contributed by atoms with van der Waals surface area (Å²) < 4.78 is 0. The van der Waals surface area contributed by atoms with Gasteiger partial charge in [-0.3, -0.25) is 0 Å². The molecule has 1 unspecified atom stereocenters. The highest BCUT2D eigenvalue weighted by atomic mass is 79.9. The van der Waals surface area contributed by atoms with Crippen molar-refractivity contribution in [1.29, 1.82) is 0 Å². The maximum atomic E-state index is 3.53. The zero-order valence-corrected chi connectivity index (χ0v) is 10.3. The molecule has 0 aromatic carbocycles. The molecule has 0 aromatic heterocycles. The van der Waals surface area contributed by atoms with Gasteiger partial charge in [0, 0.05) is 17.9 Å². The van der Waals surface area contributed by atoms with Gasteiger partial charge in [0.15, 0.2) is 0 Å². The normalized spacial score (nSPS) is 21.7. The molecule has 0 aliphatic heterocycles. The third-order valence-corrected chi connectivity index (χ3v) is 3.40. The molecular formula is C11H22BrN. The van der Waals surface area contributed by atoms with Gasteiger partial charge in [-0.25, -0.2) is 0 Å². The largest absolute Gasteiger partial charge is 0.313 e. The molecule has 1 aliphatic carbocycles. The average Bonchev–Trinajstić information content (AvgIpc) is 2.16. The summed E-state index contributed by atoms with van der Waals surface area (Å²) in [6.07, 6.45) is 8.74. The molecule has 2 heteroatoms. The van der Waals surface area contributed by atoms with Crippen molar-refractivity contribution in [3.8, 4) is 0 Å². The predicted octanol–water partition coefficient (Wildman–Crippen LogP) is 3.33. The molecule has 0 bridgehead atoms. The van der Waals surface area contributed by atoms with Gasteiger partial charge >= 0.3 is 0 Å². The quantitative estimate of drug-likeness (QED) is 0.736. The van der Waals surface area contributed by atoms with Gasteiger partial charge in [0.25, 0.3) is 0 Å². The topological polar surface area (TPSA) is 12.0 Å². The van der Waals surface area contributed by atoms with Crippen LogP contribution in [0.5, 0.6) is 0 Å². The second-order valence-corrected chi connectivity index (χ2v) is 5.08. The van der Waals surface area contributed by atoms with Crippen LogP contribution in [0.4, 0.5) is 0 Å². The number of hydrogen-bond donors (Lipinski definition) is 1. The van der Waals surface area contributed by atoms with Gasteiger partial charge in [-0.1, -0.05) is 48.0 Å². The van der Waals surface area contributed by atoms with E-state index in [2.05, 4.69) is 28.2 Å². The van der Waals surface area contributed by atoms with Crippen molar-refractivity contribution >= 4 is 15.9 Å². The number of nitrogens with one attached hydrogen (secondary N) is 1. The SMILES string of the molecule is CC(CC1CCCCC1)NCCBr. The van der Waals surface area contributed by atoms with Crippen LogP contribution in [-0.4, -0.2) is 17.9 Å². The lowest BCUT2D eigenvalue weighted by Gasteiger charge is -2.25. The number of hydrogen-bond acceptors (Lipinski definition) is 1. The molecule has 1 rings (SSSR count). The molecule has 0 heterocycles. The molecule has 1 nitrogen and oxygen atoms in total.